The summed E-state index contributed by atoms with van der Waals surface area (Å²) < 4.78 is 20.9. The molecule has 156 valence electrons. The van der Waals surface area contributed by atoms with Crippen molar-refractivity contribution in [2.45, 2.75) is 6.92 Å². The molecular formula is C22H16ClFN4O3. The first-order valence-electron chi connectivity index (χ1n) is 9.19. The van der Waals surface area contributed by atoms with Crippen LogP contribution in [0.1, 0.15) is 17.4 Å². The number of anilines is 2. The molecule has 9 heteroatoms. The Morgan fingerprint density at radius 2 is 1.84 bits per heavy atom. The molecule has 0 unspecified atom stereocenters. The third-order valence-electron chi connectivity index (χ3n) is 4.32. The Morgan fingerprint density at radius 3 is 2.52 bits per heavy atom. The highest BCUT2D eigenvalue weighted by Crippen LogP contribution is 2.26. The molecule has 2 N–H and O–H groups in total. The van der Waals surface area contributed by atoms with Gasteiger partial charge in [-0.15, -0.1) is 0 Å². The number of rotatable bonds is 5. The van der Waals surface area contributed by atoms with E-state index in [0.29, 0.717) is 27.9 Å². The van der Waals surface area contributed by atoms with Crippen LogP contribution in [-0.2, 0) is 4.79 Å². The molecule has 0 spiro atoms. The lowest BCUT2D eigenvalue weighted by molar-refractivity contribution is -0.114. The van der Waals surface area contributed by atoms with Gasteiger partial charge < -0.3 is 15.1 Å². The first-order chi connectivity index (χ1) is 14.9. The van der Waals surface area contributed by atoms with Crippen molar-refractivity contribution in [1.82, 2.24) is 9.78 Å². The molecule has 7 nitrogen and oxygen atoms in total. The molecular weight excluding hydrogens is 423 g/mol. The van der Waals surface area contributed by atoms with Gasteiger partial charge in [-0.2, -0.15) is 5.10 Å². The zero-order valence-corrected chi connectivity index (χ0v) is 17.0. The fraction of sp³-hybridized carbons (Fsp3) is 0.0455. The van der Waals surface area contributed by atoms with E-state index in [1.54, 1.807) is 47.1 Å². The first kappa shape index (κ1) is 20.4. The van der Waals surface area contributed by atoms with Crippen LogP contribution in [0.15, 0.2) is 71.3 Å². The third kappa shape index (κ3) is 4.49. The number of aromatic nitrogens is 2. The van der Waals surface area contributed by atoms with Crippen molar-refractivity contribution in [2.24, 2.45) is 0 Å². The van der Waals surface area contributed by atoms with Gasteiger partial charge in [0.15, 0.2) is 11.5 Å². The number of hydrogen-bond acceptors (Lipinski definition) is 4. The molecule has 0 aliphatic heterocycles. The summed E-state index contributed by atoms with van der Waals surface area (Å²) in [6, 6.07) is 15.9. The Balaban J connectivity index is 1.67. The van der Waals surface area contributed by atoms with Gasteiger partial charge in [-0.25, -0.2) is 9.07 Å². The number of amides is 2. The van der Waals surface area contributed by atoms with E-state index in [2.05, 4.69) is 15.7 Å². The Morgan fingerprint density at radius 1 is 1.06 bits per heavy atom. The first-order valence-corrected chi connectivity index (χ1v) is 9.57. The highest BCUT2D eigenvalue weighted by molar-refractivity contribution is 6.30. The van der Waals surface area contributed by atoms with Gasteiger partial charge in [0, 0.05) is 23.7 Å². The lowest BCUT2D eigenvalue weighted by Crippen LogP contribution is -2.14. The number of hydrogen-bond donors (Lipinski definition) is 2. The number of carbonyl (C=O) groups excluding carboxylic acids is 2. The Labute approximate surface area is 181 Å². The van der Waals surface area contributed by atoms with Crippen molar-refractivity contribution >= 4 is 34.8 Å². The van der Waals surface area contributed by atoms with Crippen LogP contribution in [-0.4, -0.2) is 21.6 Å². The van der Waals surface area contributed by atoms with E-state index < -0.39 is 17.6 Å². The predicted molar refractivity (Wildman–Crippen MR) is 115 cm³/mol. The van der Waals surface area contributed by atoms with Gasteiger partial charge in [-0.1, -0.05) is 11.6 Å². The molecule has 31 heavy (non-hydrogen) atoms. The fourth-order valence-electron chi connectivity index (χ4n) is 2.95. The molecule has 0 aliphatic rings. The zero-order chi connectivity index (χ0) is 22.0. The number of benzene rings is 2. The molecule has 0 aliphatic carbocycles. The number of halogens is 2. The van der Waals surface area contributed by atoms with E-state index in [4.69, 9.17) is 16.0 Å². The maximum absolute atomic E-state index is 13.9. The third-order valence-corrected chi connectivity index (χ3v) is 4.57. The van der Waals surface area contributed by atoms with Crippen LogP contribution in [0.4, 0.5) is 15.8 Å². The molecule has 0 saturated carbocycles. The normalized spacial score (nSPS) is 10.7. The largest absolute Gasteiger partial charge is 0.463 e. The lowest BCUT2D eigenvalue weighted by Gasteiger charge is -2.08. The summed E-state index contributed by atoms with van der Waals surface area (Å²) in [5.74, 6) is -1.02. The maximum Gasteiger partial charge on any atom is 0.276 e. The monoisotopic (exact) mass is 438 g/mol. The molecule has 2 aromatic carbocycles. The summed E-state index contributed by atoms with van der Waals surface area (Å²) >= 11 is 5.97. The van der Waals surface area contributed by atoms with E-state index in [1.807, 2.05) is 0 Å². The standard InChI is InChI=1S/C22H16ClFN4O3/c1-13(29)25-18-11-15(6-9-17(18)24)26-22(30)19-12-20(21-3-2-10-31-21)28(27-19)16-7-4-14(23)5-8-16/h2-12H,1H3,(H,25,29)(H,26,30). The molecule has 0 atom stereocenters. The van der Waals surface area contributed by atoms with Crippen LogP contribution in [0.3, 0.4) is 0 Å². The second-order valence-electron chi connectivity index (χ2n) is 6.61. The summed E-state index contributed by atoms with van der Waals surface area (Å²) in [6.45, 7) is 1.27. The average molecular weight is 439 g/mol. The Hall–Kier alpha value is -3.91. The molecule has 2 amide bonds. The van der Waals surface area contributed by atoms with Gasteiger partial charge in [0.25, 0.3) is 5.91 Å². The molecule has 0 radical (unpaired) electrons. The maximum atomic E-state index is 13.9. The van der Waals surface area contributed by atoms with Crippen LogP contribution >= 0.6 is 11.6 Å². The molecule has 2 heterocycles. The minimum atomic E-state index is -0.611. The zero-order valence-electron chi connectivity index (χ0n) is 16.2. The molecule has 2 aromatic heterocycles. The summed E-state index contributed by atoms with van der Waals surface area (Å²) in [4.78, 5) is 24.1. The Bertz CT molecular complexity index is 1250. The van der Waals surface area contributed by atoms with Gasteiger partial charge in [-0.3, -0.25) is 9.59 Å². The van der Waals surface area contributed by atoms with E-state index >= 15 is 0 Å². The number of nitrogens with one attached hydrogen (secondary N) is 2. The number of furan rings is 1. The topological polar surface area (TPSA) is 89.2 Å². The van der Waals surface area contributed by atoms with Gasteiger partial charge in [-0.05, 0) is 54.6 Å². The van der Waals surface area contributed by atoms with Gasteiger partial charge in [0.05, 0.1) is 17.6 Å². The molecule has 0 saturated heterocycles. The van der Waals surface area contributed by atoms with Crippen LogP contribution in [0.2, 0.25) is 5.02 Å². The van der Waals surface area contributed by atoms with Gasteiger partial charge in [0.1, 0.15) is 11.5 Å². The smallest absolute Gasteiger partial charge is 0.276 e. The van der Waals surface area contributed by atoms with Crippen molar-refractivity contribution in [3.63, 3.8) is 0 Å². The average Bonchev–Trinajstić information content (AvgIpc) is 3.40. The van der Waals surface area contributed by atoms with Crippen LogP contribution in [0.25, 0.3) is 17.1 Å². The van der Waals surface area contributed by atoms with E-state index in [1.165, 1.54) is 25.3 Å². The van der Waals surface area contributed by atoms with Crippen molar-refractivity contribution in [3.05, 3.63) is 83.5 Å². The van der Waals surface area contributed by atoms with Crippen molar-refractivity contribution in [2.75, 3.05) is 10.6 Å². The second-order valence-corrected chi connectivity index (χ2v) is 7.05. The molecule has 4 rings (SSSR count). The second kappa shape index (κ2) is 8.45. The van der Waals surface area contributed by atoms with E-state index in [9.17, 15) is 14.0 Å². The van der Waals surface area contributed by atoms with Gasteiger partial charge >= 0.3 is 0 Å². The van der Waals surface area contributed by atoms with Crippen LogP contribution < -0.4 is 10.6 Å². The highest BCUT2D eigenvalue weighted by atomic mass is 35.5. The van der Waals surface area contributed by atoms with E-state index in [-0.39, 0.29) is 11.4 Å². The van der Waals surface area contributed by atoms with Crippen molar-refractivity contribution < 1.29 is 18.4 Å². The molecule has 0 fully saturated rings. The highest BCUT2D eigenvalue weighted by Gasteiger charge is 2.19. The summed E-state index contributed by atoms with van der Waals surface area (Å²) in [7, 11) is 0. The van der Waals surface area contributed by atoms with Crippen LogP contribution in [0.5, 0.6) is 0 Å². The lowest BCUT2D eigenvalue weighted by atomic mass is 10.2. The molecule has 4 aromatic rings. The predicted octanol–water partition coefficient (Wildman–Crippen LogP) is 5.14. The quantitative estimate of drug-likeness (QED) is 0.451. The van der Waals surface area contributed by atoms with Crippen molar-refractivity contribution in [3.8, 4) is 17.1 Å². The Kier molecular flexibility index (Phi) is 5.55. The summed E-state index contributed by atoms with van der Waals surface area (Å²) in [5, 5.41) is 10.0. The summed E-state index contributed by atoms with van der Waals surface area (Å²) in [5.41, 5.74) is 1.64. The van der Waals surface area contributed by atoms with Crippen LogP contribution in [0, 0.1) is 5.82 Å². The van der Waals surface area contributed by atoms with E-state index in [0.717, 1.165) is 6.07 Å². The van der Waals surface area contributed by atoms with Crippen molar-refractivity contribution in [1.29, 1.82) is 0 Å². The number of nitrogens with zero attached hydrogens (tertiary/aromatic N) is 2. The number of carbonyl (C=O) groups is 2. The fourth-order valence-corrected chi connectivity index (χ4v) is 3.08. The summed E-state index contributed by atoms with van der Waals surface area (Å²) in [6.07, 6.45) is 1.52. The molecule has 0 bridgehead atoms. The van der Waals surface area contributed by atoms with Gasteiger partial charge in [0.2, 0.25) is 5.91 Å². The SMILES string of the molecule is CC(=O)Nc1cc(NC(=O)c2cc(-c3ccco3)n(-c3ccc(Cl)cc3)n2)ccc1F. The minimum absolute atomic E-state index is 0.0340. The minimum Gasteiger partial charge on any atom is -0.463 e.